The number of carbonyl (C=O) groups is 1. The molecule has 6 heteroatoms. The van der Waals surface area contributed by atoms with Crippen LogP contribution in [-0.4, -0.2) is 28.0 Å². The Morgan fingerprint density at radius 1 is 1.23 bits per heavy atom. The van der Waals surface area contributed by atoms with Gasteiger partial charge in [-0.1, -0.05) is 12.1 Å². The summed E-state index contributed by atoms with van der Waals surface area (Å²) in [5, 5.41) is 4.05. The van der Waals surface area contributed by atoms with Gasteiger partial charge in [-0.3, -0.25) is 10.1 Å². The van der Waals surface area contributed by atoms with Crippen LogP contribution in [0.3, 0.4) is 0 Å². The highest BCUT2D eigenvalue weighted by Gasteiger charge is 2.30. The van der Waals surface area contributed by atoms with Crippen molar-refractivity contribution in [2.75, 3.05) is 12.4 Å². The molecule has 5 rings (SSSR count). The van der Waals surface area contributed by atoms with Crippen LogP contribution in [-0.2, 0) is 4.79 Å². The molecule has 6 nitrogen and oxygen atoms in total. The van der Waals surface area contributed by atoms with Crippen LogP contribution in [0.1, 0.15) is 12.8 Å². The molecule has 0 unspecified atom stereocenters. The van der Waals surface area contributed by atoms with E-state index in [2.05, 4.69) is 38.5 Å². The number of benzene rings is 2. The van der Waals surface area contributed by atoms with Crippen LogP contribution in [0.25, 0.3) is 33.1 Å². The van der Waals surface area contributed by atoms with Crippen molar-refractivity contribution in [3.63, 3.8) is 0 Å². The molecule has 2 heterocycles. The number of H-pyrrole nitrogens is 2. The maximum Gasteiger partial charge on any atom is 0.229 e. The number of aromatic amines is 2. The van der Waals surface area contributed by atoms with E-state index in [1.165, 1.54) is 0 Å². The van der Waals surface area contributed by atoms with Gasteiger partial charge in [0.2, 0.25) is 11.9 Å². The minimum Gasteiger partial charge on any atom is -0.494 e. The molecule has 0 radical (unpaired) electrons. The predicted molar refractivity (Wildman–Crippen MR) is 101 cm³/mol. The van der Waals surface area contributed by atoms with E-state index in [4.69, 9.17) is 4.74 Å². The zero-order chi connectivity index (χ0) is 17.7. The zero-order valence-electron chi connectivity index (χ0n) is 14.3. The smallest absolute Gasteiger partial charge is 0.229 e. The van der Waals surface area contributed by atoms with Crippen LogP contribution >= 0.6 is 0 Å². The maximum absolute atomic E-state index is 12.1. The lowest BCUT2D eigenvalue weighted by Gasteiger charge is -2.06. The summed E-state index contributed by atoms with van der Waals surface area (Å²) in [6.45, 7) is 0. The Morgan fingerprint density at radius 2 is 2.12 bits per heavy atom. The first kappa shape index (κ1) is 15.0. The Balaban J connectivity index is 1.64. The monoisotopic (exact) mass is 346 g/mol. The minimum absolute atomic E-state index is 0.0254. The molecule has 0 bridgehead atoms. The second-order valence-electron chi connectivity index (χ2n) is 6.67. The van der Waals surface area contributed by atoms with Crippen molar-refractivity contribution in [1.29, 1.82) is 0 Å². The Hall–Kier alpha value is -3.28. The van der Waals surface area contributed by atoms with E-state index in [0.29, 0.717) is 11.7 Å². The van der Waals surface area contributed by atoms with Crippen molar-refractivity contribution in [2.24, 2.45) is 5.92 Å². The van der Waals surface area contributed by atoms with Crippen molar-refractivity contribution < 1.29 is 9.53 Å². The zero-order valence-corrected chi connectivity index (χ0v) is 14.3. The molecule has 4 aromatic rings. The van der Waals surface area contributed by atoms with E-state index in [1.54, 1.807) is 7.11 Å². The molecular formula is C20H18N4O2. The normalized spacial score (nSPS) is 14.0. The van der Waals surface area contributed by atoms with Gasteiger partial charge in [0.1, 0.15) is 16.8 Å². The summed E-state index contributed by atoms with van der Waals surface area (Å²) in [5.41, 5.74) is 4.67. The Morgan fingerprint density at radius 3 is 2.92 bits per heavy atom. The van der Waals surface area contributed by atoms with Crippen LogP contribution < -0.4 is 10.1 Å². The van der Waals surface area contributed by atoms with Crippen molar-refractivity contribution in [2.45, 2.75) is 12.8 Å². The number of aromatic nitrogens is 3. The average molecular weight is 346 g/mol. The third-order valence-corrected chi connectivity index (χ3v) is 4.88. The van der Waals surface area contributed by atoms with Crippen molar-refractivity contribution >= 4 is 33.8 Å². The number of anilines is 1. The highest BCUT2D eigenvalue weighted by molar-refractivity contribution is 6.00. The van der Waals surface area contributed by atoms with Crippen LogP contribution in [0.2, 0.25) is 0 Å². The number of hydrogen-bond acceptors (Lipinski definition) is 3. The first-order valence-electron chi connectivity index (χ1n) is 8.68. The number of nitrogens with zero attached hydrogens (tertiary/aromatic N) is 1. The van der Waals surface area contributed by atoms with Gasteiger partial charge in [0.25, 0.3) is 0 Å². The Bertz CT molecular complexity index is 1140. The fourth-order valence-corrected chi connectivity index (χ4v) is 3.31. The summed E-state index contributed by atoms with van der Waals surface area (Å²) in [6, 6.07) is 12.2. The van der Waals surface area contributed by atoms with E-state index < -0.39 is 0 Å². The average Bonchev–Trinajstić information content (AvgIpc) is 3.26. The van der Waals surface area contributed by atoms with Crippen molar-refractivity contribution in [3.05, 3.63) is 42.6 Å². The Labute approximate surface area is 149 Å². The molecule has 1 aliphatic rings. The van der Waals surface area contributed by atoms with Crippen LogP contribution in [0, 0.1) is 5.92 Å². The number of imidazole rings is 1. The molecular weight excluding hydrogens is 328 g/mol. The van der Waals surface area contributed by atoms with Gasteiger partial charge in [-0.2, -0.15) is 0 Å². The molecule has 130 valence electrons. The molecule has 2 aromatic heterocycles. The number of methoxy groups -OCH3 is 1. The fraction of sp³-hybridized carbons (Fsp3) is 0.200. The third-order valence-electron chi connectivity index (χ3n) is 4.88. The Kier molecular flexibility index (Phi) is 3.25. The summed E-state index contributed by atoms with van der Waals surface area (Å²) in [7, 11) is 1.63. The molecule has 0 aliphatic heterocycles. The number of ether oxygens (including phenoxy) is 1. The maximum atomic E-state index is 12.1. The highest BCUT2D eigenvalue weighted by Crippen LogP contribution is 2.35. The van der Waals surface area contributed by atoms with Crippen molar-refractivity contribution in [1.82, 2.24) is 15.0 Å². The first-order chi connectivity index (χ1) is 12.7. The molecule has 0 atom stereocenters. The summed E-state index contributed by atoms with van der Waals surface area (Å²) in [4.78, 5) is 23.1. The molecule has 1 amide bonds. The van der Waals surface area contributed by atoms with Gasteiger partial charge in [-0.15, -0.1) is 0 Å². The molecule has 2 aromatic carbocycles. The predicted octanol–water partition coefficient (Wildman–Crippen LogP) is 4.07. The van der Waals surface area contributed by atoms with Gasteiger partial charge in [-0.05, 0) is 48.1 Å². The van der Waals surface area contributed by atoms with E-state index in [1.807, 2.05) is 24.4 Å². The summed E-state index contributed by atoms with van der Waals surface area (Å²) >= 11 is 0. The molecule has 1 fully saturated rings. The standard InChI is InChI=1S/C20H18N4O2/c1-26-16-7-6-14(13-5-2-11-8-9-21-15(11)10-13)17-18(16)23-20(22-17)24-19(25)12-3-4-12/h2,5-10,12,21H,3-4H2,1H3,(H2,22,23,24,25). The molecule has 26 heavy (non-hydrogen) atoms. The third kappa shape index (κ3) is 2.42. The topological polar surface area (TPSA) is 82.8 Å². The fourth-order valence-electron chi connectivity index (χ4n) is 3.31. The summed E-state index contributed by atoms with van der Waals surface area (Å²) < 4.78 is 5.46. The molecule has 1 aliphatic carbocycles. The first-order valence-corrected chi connectivity index (χ1v) is 8.68. The van der Waals surface area contributed by atoms with Crippen LogP contribution in [0.15, 0.2) is 42.6 Å². The van der Waals surface area contributed by atoms with E-state index >= 15 is 0 Å². The van der Waals surface area contributed by atoms with Gasteiger partial charge < -0.3 is 14.7 Å². The highest BCUT2D eigenvalue weighted by atomic mass is 16.5. The lowest BCUT2D eigenvalue weighted by molar-refractivity contribution is -0.117. The van der Waals surface area contributed by atoms with Gasteiger partial charge in [0.05, 0.1) is 7.11 Å². The largest absolute Gasteiger partial charge is 0.494 e. The second-order valence-corrected chi connectivity index (χ2v) is 6.67. The number of fused-ring (bicyclic) bond motifs is 2. The summed E-state index contributed by atoms with van der Waals surface area (Å²) in [5.74, 6) is 1.31. The number of carbonyl (C=O) groups excluding carboxylic acids is 1. The molecule has 1 saturated carbocycles. The van der Waals surface area contributed by atoms with Gasteiger partial charge in [-0.25, -0.2) is 4.98 Å². The minimum atomic E-state index is 0.0254. The van der Waals surface area contributed by atoms with Crippen molar-refractivity contribution in [3.8, 4) is 16.9 Å². The number of nitrogens with one attached hydrogen (secondary N) is 3. The van der Waals surface area contributed by atoms with E-state index in [9.17, 15) is 4.79 Å². The van der Waals surface area contributed by atoms with Gasteiger partial charge >= 0.3 is 0 Å². The van der Waals surface area contributed by atoms with Gasteiger partial charge in [0.15, 0.2) is 0 Å². The lowest BCUT2D eigenvalue weighted by Crippen LogP contribution is -2.14. The quantitative estimate of drug-likeness (QED) is 0.521. The lowest BCUT2D eigenvalue weighted by atomic mass is 10.0. The van der Waals surface area contributed by atoms with Crippen LogP contribution in [0.5, 0.6) is 5.75 Å². The SMILES string of the molecule is COc1ccc(-c2ccc3cc[nH]c3c2)c2nc(NC(=O)C3CC3)[nH]c12. The van der Waals surface area contributed by atoms with Crippen LogP contribution in [0.4, 0.5) is 5.95 Å². The molecule has 0 spiro atoms. The van der Waals surface area contributed by atoms with E-state index in [0.717, 1.165) is 45.9 Å². The molecule has 0 saturated heterocycles. The number of rotatable bonds is 4. The summed E-state index contributed by atoms with van der Waals surface area (Å²) in [6.07, 6.45) is 3.84. The number of hydrogen-bond donors (Lipinski definition) is 3. The van der Waals surface area contributed by atoms with Gasteiger partial charge in [0, 0.05) is 23.2 Å². The van der Waals surface area contributed by atoms with E-state index in [-0.39, 0.29) is 11.8 Å². The molecule has 3 N–H and O–H groups in total. The number of amides is 1. The second kappa shape index (κ2) is 5.62.